The first kappa shape index (κ1) is 12.4. The minimum atomic E-state index is -0.234. The van der Waals surface area contributed by atoms with E-state index < -0.39 is 0 Å². The molecule has 0 bridgehead atoms. The molecule has 0 unspecified atom stereocenters. The third-order valence-electron chi connectivity index (χ3n) is 3.81. The Morgan fingerprint density at radius 2 is 1.94 bits per heavy atom. The van der Waals surface area contributed by atoms with Gasteiger partial charge >= 0.3 is 0 Å². The lowest BCUT2D eigenvalue weighted by Gasteiger charge is -2.49. The zero-order valence-corrected chi connectivity index (χ0v) is 10.4. The summed E-state index contributed by atoms with van der Waals surface area (Å²) in [6.07, 6.45) is 1.97. The second-order valence-electron chi connectivity index (χ2n) is 5.48. The van der Waals surface area contributed by atoms with E-state index in [1.807, 2.05) is 0 Å². The van der Waals surface area contributed by atoms with Gasteiger partial charge in [-0.2, -0.15) is 0 Å². The maximum Gasteiger partial charge on any atom is 0.123 e. The minimum absolute atomic E-state index is 0.133. The van der Waals surface area contributed by atoms with Crippen molar-refractivity contribution in [1.82, 2.24) is 0 Å². The molecule has 1 fully saturated rings. The molecule has 1 saturated carbocycles. The van der Waals surface area contributed by atoms with Gasteiger partial charge in [0.2, 0.25) is 0 Å². The average molecular weight is 237 g/mol. The van der Waals surface area contributed by atoms with Gasteiger partial charge in [0.05, 0.1) is 12.1 Å². The summed E-state index contributed by atoms with van der Waals surface area (Å²) in [6, 6.07) is 6.31. The van der Waals surface area contributed by atoms with E-state index in [2.05, 4.69) is 19.2 Å². The van der Waals surface area contributed by atoms with E-state index in [1.165, 1.54) is 12.1 Å². The molecule has 0 aliphatic heterocycles. The van der Waals surface area contributed by atoms with Crippen LogP contribution in [0.2, 0.25) is 0 Å². The lowest BCUT2D eigenvalue weighted by atomic mass is 9.64. The van der Waals surface area contributed by atoms with Gasteiger partial charge in [0.1, 0.15) is 5.82 Å². The topological polar surface area (TPSA) is 32.3 Å². The molecule has 94 valence electrons. The SMILES string of the molecule is CC(C)C1CC(CO)(Nc2ccc(F)cc2)C1. The standard InChI is InChI=1S/C14H20FNO/c1-10(2)11-7-14(8-11,9-17)16-13-5-3-12(15)4-6-13/h3-6,10-11,16-17H,7-9H2,1-2H3. The van der Waals surface area contributed by atoms with Gasteiger partial charge in [0.15, 0.2) is 0 Å². The van der Waals surface area contributed by atoms with Gasteiger partial charge in [0, 0.05) is 5.69 Å². The Kier molecular flexibility index (Phi) is 3.38. The number of benzene rings is 1. The van der Waals surface area contributed by atoms with Crippen LogP contribution in [-0.4, -0.2) is 17.3 Å². The van der Waals surface area contributed by atoms with E-state index in [-0.39, 0.29) is 18.0 Å². The molecule has 2 N–H and O–H groups in total. The van der Waals surface area contributed by atoms with Gasteiger partial charge in [-0.25, -0.2) is 4.39 Å². The van der Waals surface area contributed by atoms with E-state index in [4.69, 9.17) is 0 Å². The number of hydrogen-bond acceptors (Lipinski definition) is 2. The van der Waals surface area contributed by atoms with Crippen LogP contribution in [-0.2, 0) is 0 Å². The first-order valence-corrected chi connectivity index (χ1v) is 6.19. The predicted molar refractivity (Wildman–Crippen MR) is 67.4 cm³/mol. The minimum Gasteiger partial charge on any atom is -0.394 e. The molecule has 1 aromatic rings. The van der Waals surface area contributed by atoms with E-state index >= 15 is 0 Å². The third-order valence-corrected chi connectivity index (χ3v) is 3.81. The van der Waals surface area contributed by atoms with E-state index in [1.54, 1.807) is 12.1 Å². The fourth-order valence-corrected chi connectivity index (χ4v) is 2.53. The molecule has 0 amide bonds. The van der Waals surface area contributed by atoms with Crippen molar-refractivity contribution in [2.24, 2.45) is 11.8 Å². The fraction of sp³-hybridized carbons (Fsp3) is 0.571. The van der Waals surface area contributed by atoms with Crippen molar-refractivity contribution in [3.8, 4) is 0 Å². The molecule has 1 aliphatic carbocycles. The highest BCUT2D eigenvalue weighted by atomic mass is 19.1. The lowest BCUT2D eigenvalue weighted by molar-refractivity contribution is 0.0648. The normalized spacial score (nSPS) is 27.9. The summed E-state index contributed by atoms with van der Waals surface area (Å²) in [5, 5.41) is 12.9. The number of nitrogens with one attached hydrogen (secondary N) is 1. The molecule has 0 saturated heterocycles. The first-order valence-electron chi connectivity index (χ1n) is 6.19. The molecule has 0 aromatic heterocycles. The van der Waals surface area contributed by atoms with E-state index in [0.29, 0.717) is 11.8 Å². The smallest absolute Gasteiger partial charge is 0.123 e. The van der Waals surface area contributed by atoms with Crippen molar-refractivity contribution < 1.29 is 9.50 Å². The summed E-state index contributed by atoms with van der Waals surface area (Å²) in [5.74, 6) is 1.10. The zero-order chi connectivity index (χ0) is 12.5. The molecule has 1 aliphatic rings. The number of hydrogen-bond donors (Lipinski definition) is 2. The van der Waals surface area contributed by atoms with Crippen molar-refractivity contribution >= 4 is 5.69 Å². The lowest BCUT2D eigenvalue weighted by Crippen LogP contribution is -2.54. The summed E-state index contributed by atoms with van der Waals surface area (Å²) >= 11 is 0. The van der Waals surface area contributed by atoms with Crippen LogP contribution < -0.4 is 5.32 Å². The highest BCUT2D eigenvalue weighted by molar-refractivity contribution is 5.46. The Bertz CT molecular complexity index is 368. The molecule has 3 heteroatoms. The molecule has 2 rings (SSSR count). The molecule has 0 atom stereocenters. The summed E-state index contributed by atoms with van der Waals surface area (Å²) in [4.78, 5) is 0. The summed E-state index contributed by atoms with van der Waals surface area (Å²) in [6.45, 7) is 4.56. The molecule has 2 nitrogen and oxygen atoms in total. The number of rotatable bonds is 4. The Labute approximate surface area is 102 Å². The van der Waals surface area contributed by atoms with Crippen molar-refractivity contribution in [2.45, 2.75) is 32.2 Å². The number of anilines is 1. The molecule has 0 spiro atoms. The van der Waals surface area contributed by atoms with Gasteiger partial charge < -0.3 is 10.4 Å². The van der Waals surface area contributed by atoms with Crippen molar-refractivity contribution in [2.75, 3.05) is 11.9 Å². The highest BCUT2D eigenvalue weighted by Crippen LogP contribution is 2.43. The van der Waals surface area contributed by atoms with Crippen LogP contribution in [0, 0.1) is 17.7 Å². The Morgan fingerprint density at radius 1 is 1.35 bits per heavy atom. The summed E-state index contributed by atoms with van der Waals surface area (Å²) in [7, 11) is 0. The molecular weight excluding hydrogens is 217 g/mol. The second-order valence-corrected chi connectivity index (χ2v) is 5.48. The Morgan fingerprint density at radius 3 is 2.41 bits per heavy atom. The average Bonchev–Trinajstić information content (AvgIpc) is 2.25. The van der Waals surface area contributed by atoms with Crippen LogP contribution in [0.4, 0.5) is 10.1 Å². The highest BCUT2D eigenvalue weighted by Gasteiger charge is 2.44. The van der Waals surface area contributed by atoms with Gasteiger partial charge in [-0.1, -0.05) is 13.8 Å². The quantitative estimate of drug-likeness (QED) is 0.843. The molecule has 1 aromatic carbocycles. The fourth-order valence-electron chi connectivity index (χ4n) is 2.53. The van der Waals surface area contributed by atoms with Crippen molar-refractivity contribution in [1.29, 1.82) is 0 Å². The van der Waals surface area contributed by atoms with Gasteiger partial charge in [-0.15, -0.1) is 0 Å². The van der Waals surface area contributed by atoms with Crippen LogP contribution in [0.15, 0.2) is 24.3 Å². The predicted octanol–water partition coefficient (Wildman–Crippen LogP) is 3.03. The maximum absolute atomic E-state index is 12.8. The van der Waals surface area contributed by atoms with Crippen LogP contribution in [0.3, 0.4) is 0 Å². The molecule has 0 radical (unpaired) electrons. The molecular formula is C14H20FNO. The second kappa shape index (κ2) is 4.65. The number of aliphatic hydroxyl groups excluding tert-OH is 1. The number of aliphatic hydroxyl groups is 1. The van der Waals surface area contributed by atoms with Crippen LogP contribution >= 0.6 is 0 Å². The first-order chi connectivity index (χ1) is 8.04. The zero-order valence-electron chi connectivity index (χ0n) is 10.4. The van der Waals surface area contributed by atoms with Gasteiger partial charge in [-0.05, 0) is 48.9 Å². The van der Waals surface area contributed by atoms with Gasteiger partial charge in [-0.3, -0.25) is 0 Å². The largest absolute Gasteiger partial charge is 0.394 e. The van der Waals surface area contributed by atoms with E-state index in [0.717, 1.165) is 18.5 Å². The van der Waals surface area contributed by atoms with Crippen LogP contribution in [0.1, 0.15) is 26.7 Å². The summed E-state index contributed by atoms with van der Waals surface area (Å²) in [5.41, 5.74) is 0.676. The van der Waals surface area contributed by atoms with E-state index in [9.17, 15) is 9.50 Å². The molecule has 17 heavy (non-hydrogen) atoms. The number of halogens is 1. The Hall–Kier alpha value is -1.09. The van der Waals surface area contributed by atoms with Crippen molar-refractivity contribution in [3.63, 3.8) is 0 Å². The maximum atomic E-state index is 12.8. The van der Waals surface area contributed by atoms with Crippen LogP contribution in [0.25, 0.3) is 0 Å². The summed E-state index contributed by atoms with van der Waals surface area (Å²) < 4.78 is 12.8. The Balaban J connectivity index is 2.00. The molecule has 0 heterocycles. The monoisotopic (exact) mass is 237 g/mol. The van der Waals surface area contributed by atoms with Gasteiger partial charge in [0.25, 0.3) is 0 Å². The third kappa shape index (κ3) is 2.60. The van der Waals surface area contributed by atoms with Crippen LogP contribution in [0.5, 0.6) is 0 Å². The van der Waals surface area contributed by atoms with Crippen molar-refractivity contribution in [3.05, 3.63) is 30.1 Å².